The highest BCUT2D eigenvalue weighted by Crippen LogP contribution is 2.35. The lowest BCUT2D eigenvalue weighted by Crippen LogP contribution is -2.14. The lowest BCUT2D eigenvalue weighted by atomic mass is 10.1. The van der Waals surface area contributed by atoms with Gasteiger partial charge in [-0.3, -0.25) is 4.79 Å². The minimum atomic E-state index is -1.28. The van der Waals surface area contributed by atoms with Crippen LogP contribution in [0.4, 0.5) is 4.39 Å². The number of aromatic nitrogens is 2. The molecule has 1 atom stereocenters. The smallest absolute Gasteiger partial charge is 0.270 e. The van der Waals surface area contributed by atoms with E-state index < -0.39 is 12.1 Å². The number of hydrogen-bond acceptors (Lipinski definition) is 5. The summed E-state index contributed by atoms with van der Waals surface area (Å²) in [4.78, 5) is 12.6. The molecule has 1 aliphatic rings. The van der Waals surface area contributed by atoms with Gasteiger partial charge >= 0.3 is 0 Å². The van der Waals surface area contributed by atoms with Crippen LogP contribution in [0.2, 0.25) is 0 Å². The molecule has 0 spiro atoms. The van der Waals surface area contributed by atoms with E-state index in [1.54, 1.807) is 23.5 Å². The molecular weight excluding hydrogens is 369 g/mol. The van der Waals surface area contributed by atoms with E-state index in [9.17, 15) is 9.18 Å². The highest BCUT2D eigenvalue weighted by molar-refractivity contribution is 7.20. The Kier molecular flexibility index (Phi) is 4.37. The van der Waals surface area contributed by atoms with Crippen LogP contribution in [0.5, 0.6) is 0 Å². The first-order chi connectivity index (χ1) is 12.6. The van der Waals surface area contributed by atoms with E-state index in [-0.39, 0.29) is 5.69 Å². The summed E-state index contributed by atoms with van der Waals surface area (Å²) >= 11 is 3.00. The Morgan fingerprint density at radius 2 is 2.27 bits per heavy atom. The van der Waals surface area contributed by atoms with Crippen molar-refractivity contribution in [2.45, 2.75) is 12.6 Å². The molecule has 1 aliphatic carbocycles. The minimum absolute atomic E-state index is 0.151. The predicted molar refractivity (Wildman–Crippen MR) is 103 cm³/mol. The van der Waals surface area contributed by atoms with Crippen LogP contribution in [0.3, 0.4) is 0 Å². The van der Waals surface area contributed by atoms with Crippen molar-refractivity contribution in [1.29, 1.82) is 0 Å². The number of carbonyl (C=O) groups is 1. The second-order valence-electron chi connectivity index (χ2n) is 5.67. The maximum atomic E-state index is 13.4. The summed E-state index contributed by atoms with van der Waals surface area (Å²) in [5.74, 6) is 4.57. The van der Waals surface area contributed by atoms with Crippen molar-refractivity contribution in [1.82, 2.24) is 10.2 Å². The molecule has 4 rings (SSSR count). The Morgan fingerprint density at radius 1 is 1.38 bits per heavy atom. The number of thiophene rings is 2. The number of halogens is 1. The summed E-state index contributed by atoms with van der Waals surface area (Å²) in [6, 6.07) is 3.97. The van der Waals surface area contributed by atoms with Crippen molar-refractivity contribution in [3.05, 3.63) is 62.9 Å². The van der Waals surface area contributed by atoms with Gasteiger partial charge in [0.05, 0.1) is 10.4 Å². The molecule has 4 nitrogen and oxygen atoms in total. The van der Waals surface area contributed by atoms with Crippen molar-refractivity contribution in [2.75, 3.05) is 0 Å². The normalized spacial score (nSPS) is 16.0. The van der Waals surface area contributed by atoms with Crippen LogP contribution in [0.1, 0.15) is 26.6 Å². The van der Waals surface area contributed by atoms with Gasteiger partial charge in [0.15, 0.2) is 11.9 Å². The number of nitrogens with two attached hydrogens (primary N) is 1. The van der Waals surface area contributed by atoms with Crippen molar-refractivity contribution in [3.8, 4) is 11.8 Å². The molecule has 0 aliphatic heterocycles. The van der Waals surface area contributed by atoms with Crippen molar-refractivity contribution < 1.29 is 9.18 Å². The zero-order valence-electron chi connectivity index (χ0n) is 13.4. The van der Waals surface area contributed by atoms with Crippen molar-refractivity contribution >= 4 is 44.2 Å². The third kappa shape index (κ3) is 3.17. The highest BCUT2D eigenvalue weighted by atomic mass is 32.1. The van der Waals surface area contributed by atoms with E-state index >= 15 is 0 Å². The first kappa shape index (κ1) is 16.6. The van der Waals surface area contributed by atoms with Gasteiger partial charge in [0.2, 0.25) is 0 Å². The minimum Gasteiger partial charge on any atom is -0.364 e. The fourth-order valence-electron chi connectivity index (χ4n) is 2.65. The van der Waals surface area contributed by atoms with Crippen LogP contribution in [0.25, 0.3) is 15.7 Å². The van der Waals surface area contributed by atoms with Crippen LogP contribution >= 0.6 is 22.7 Å². The maximum absolute atomic E-state index is 13.4. The van der Waals surface area contributed by atoms with Gasteiger partial charge in [-0.2, -0.15) is 16.4 Å². The molecule has 3 aromatic heterocycles. The van der Waals surface area contributed by atoms with Crippen molar-refractivity contribution in [3.63, 3.8) is 0 Å². The molecule has 128 valence electrons. The summed E-state index contributed by atoms with van der Waals surface area (Å²) in [6.07, 6.45) is 4.10. The van der Waals surface area contributed by atoms with Gasteiger partial charge in [-0.05, 0) is 46.2 Å². The summed E-state index contributed by atoms with van der Waals surface area (Å²) in [6.45, 7) is 0. The lowest BCUT2D eigenvalue weighted by Gasteiger charge is -2.02. The lowest BCUT2D eigenvalue weighted by molar-refractivity contribution is 0.0996. The Bertz CT molecular complexity index is 1120. The van der Waals surface area contributed by atoms with Crippen LogP contribution in [0, 0.1) is 11.8 Å². The van der Waals surface area contributed by atoms with E-state index in [0.717, 1.165) is 27.1 Å². The molecule has 7 heteroatoms. The number of fused-ring (bicyclic) bond motifs is 1. The van der Waals surface area contributed by atoms with Crippen LogP contribution < -0.4 is 5.73 Å². The standard InChI is InChI=1S/C19H12FN3OS2/c20-13-3-1-2-12(4-5-13)16-9-14-15(8-11-6-7-25-10-11)22-23-17(19(21)24)18(14)26-16/h2,4-7,9-10,13H,8H2,(H2,21,24). The number of primary amides is 1. The van der Waals surface area contributed by atoms with E-state index in [0.29, 0.717) is 11.1 Å². The topological polar surface area (TPSA) is 68.9 Å². The quantitative estimate of drug-likeness (QED) is 0.700. The Labute approximate surface area is 156 Å². The number of alkyl halides is 1. The molecule has 26 heavy (non-hydrogen) atoms. The van der Waals surface area contributed by atoms with Crippen LogP contribution in [-0.4, -0.2) is 22.3 Å². The molecule has 0 fully saturated rings. The molecule has 3 aromatic rings. The van der Waals surface area contributed by atoms with Gasteiger partial charge in [-0.25, -0.2) is 4.39 Å². The van der Waals surface area contributed by atoms with E-state index in [1.165, 1.54) is 17.4 Å². The number of rotatable bonds is 4. The molecule has 0 saturated heterocycles. The summed E-state index contributed by atoms with van der Waals surface area (Å²) in [5, 5.41) is 13.2. The fraction of sp³-hybridized carbons (Fsp3) is 0.105. The van der Waals surface area contributed by atoms with Gasteiger partial charge in [0, 0.05) is 16.7 Å². The average Bonchev–Trinajstić information content (AvgIpc) is 3.23. The largest absolute Gasteiger partial charge is 0.364 e. The maximum Gasteiger partial charge on any atom is 0.270 e. The van der Waals surface area contributed by atoms with E-state index in [1.807, 2.05) is 17.5 Å². The summed E-state index contributed by atoms with van der Waals surface area (Å²) < 4.78 is 14.1. The van der Waals surface area contributed by atoms with Crippen LogP contribution in [0.15, 0.2) is 41.1 Å². The molecule has 2 N–H and O–H groups in total. The second-order valence-corrected chi connectivity index (χ2v) is 7.50. The molecular formula is C19H12FN3OS2. The molecule has 0 bridgehead atoms. The van der Waals surface area contributed by atoms with Gasteiger partial charge in [-0.1, -0.05) is 17.9 Å². The Balaban J connectivity index is 1.86. The molecule has 0 saturated carbocycles. The molecule has 1 amide bonds. The predicted octanol–water partition coefficient (Wildman–Crippen LogP) is 3.74. The average molecular weight is 381 g/mol. The number of amides is 1. The molecule has 1 unspecified atom stereocenters. The van der Waals surface area contributed by atoms with Crippen molar-refractivity contribution in [2.24, 2.45) is 5.73 Å². The van der Waals surface area contributed by atoms with E-state index in [2.05, 4.69) is 27.4 Å². The number of carbonyl (C=O) groups excluding carboxylic acids is 1. The first-order valence-electron chi connectivity index (χ1n) is 7.75. The van der Waals surface area contributed by atoms with E-state index in [4.69, 9.17) is 5.73 Å². The monoisotopic (exact) mass is 381 g/mol. The van der Waals surface area contributed by atoms with Gasteiger partial charge in [-0.15, -0.1) is 16.4 Å². The highest BCUT2D eigenvalue weighted by Gasteiger charge is 2.18. The number of nitrogens with zero attached hydrogens (tertiary/aromatic N) is 2. The van der Waals surface area contributed by atoms with Gasteiger partial charge in [0.1, 0.15) is 0 Å². The molecule has 0 aromatic carbocycles. The summed E-state index contributed by atoms with van der Waals surface area (Å²) in [7, 11) is 0. The zero-order valence-corrected chi connectivity index (χ0v) is 15.0. The second kappa shape index (κ2) is 6.83. The summed E-state index contributed by atoms with van der Waals surface area (Å²) in [5.41, 5.74) is 8.31. The van der Waals surface area contributed by atoms with Gasteiger partial charge in [0.25, 0.3) is 5.91 Å². The van der Waals surface area contributed by atoms with Gasteiger partial charge < -0.3 is 5.73 Å². The third-order valence-corrected chi connectivity index (χ3v) is 5.81. The zero-order chi connectivity index (χ0) is 18.1. The third-order valence-electron chi connectivity index (χ3n) is 3.89. The fourth-order valence-corrected chi connectivity index (χ4v) is 4.48. The molecule has 0 radical (unpaired) electrons. The Morgan fingerprint density at radius 3 is 3.04 bits per heavy atom. The molecule has 3 heterocycles. The number of allylic oxidation sites excluding steroid dienone is 4. The number of hydrogen-bond donors (Lipinski definition) is 1. The SMILES string of the molecule is NC(=O)c1nnc(Cc2ccsc2)c2cc(C3=CC#CC(F)C=C3)sc12. The Hall–Kier alpha value is -2.82. The first-order valence-corrected chi connectivity index (χ1v) is 9.51. The van der Waals surface area contributed by atoms with Crippen LogP contribution in [-0.2, 0) is 6.42 Å².